The summed E-state index contributed by atoms with van der Waals surface area (Å²) in [4.78, 5) is 11.9. The molecule has 0 heterocycles. The molecule has 2 rings (SSSR count). The zero-order valence-electron chi connectivity index (χ0n) is 12.0. The molecule has 0 fully saturated rings. The van der Waals surface area contributed by atoms with Gasteiger partial charge >= 0.3 is 5.97 Å². The van der Waals surface area contributed by atoms with Gasteiger partial charge in [0.2, 0.25) is 0 Å². The Hall–Kier alpha value is -2.33. The number of hydrogen-bond donors (Lipinski definition) is 1. The lowest BCUT2D eigenvalue weighted by Crippen LogP contribution is -2.11. The zero-order valence-corrected chi connectivity index (χ0v) is 12.0. The smallest absolute Gasteiger partial charge is 0.310 e. The van der Waals surface area contributed by atoms with E-state index in [9.17, 15) is 4.79 Å². The molecule has 110 valence electrons. The van der Waals surface area contributed by atoms with Gasteiger partial charge in [0.05, 0.1) is 13.5 Å². The first kappa shape index (κ1) is 15.1. The SMILES string of the molecule is COc1cccc(COC(=O)Cc2ccccc2CN)c1. The molecular formula is C17H19NO3. The summed E-state index contributed by atoms with van der Waals surface area (Å²) in [6.07, 6.45) is 0.233. The van der Waals surface area contributed by atoms with E-state index in [1.807, 2.05) is 48.5 Å². The van der Waals surface area contributed by atoms with Gasteiger partial charge in [0.1, 0.15) is 12.4 Å². The van der Waals surface area contributed by atoms with E-state index in [0.29, 0.717) is 6.54 Å². The van der Waals surface area contributed by atoms with Crippen LogP contribution in [0.5, 0.6) is 5.75 Å². The lowest BCUT2D eigenvalue weighted by Gasteiger charge is -2.09. The molecule has 4 heteroatoms. The van der Waals surface area contributed by atoms with Crippen molar-refractivity contribution < 1.29 is 14.3 Å². The maximum atomic E-state index is 11.9. The average Bonchev–Trinajstić information content (AvgIpc) is 2.53. The Morgan fingerprint density at radius 3 is 2.57 bits per heavy atom. The molecular weight excluding hydrogens is 266 g/mol. The van der Waals surface area contributed by atoms with E-state index in [-0.39, 0.29) is 19.0 Å². The highest BCUT2D eigenvalue weighted by molar-refractivity contribution is 5.73. The van der Waals surface area contributed by atoms with Crippen molar-refractivity contribution in [3.05, 3.63) is 65.2 Å². The fraction of sp³-hybridized carbons (Fsp3) is 0.235. The first-order chi connectivity index (χ1) is 10.2. The van der Waals surface area contributed by atoms with Crippen molar-refractivity contribution in [1.82, 2.24) is 0 Å². The molecule has 0 aliphatic heterocycles. The summed E-state index contributed by atoms with van der Waals surface area (Å²) < 4.78 is 10.4. The van der Waals surface area contributed by atoms with Crippen molar-refractivity contribution in [3.63, 3.8) is 0 Å². The third-order valence-corrected chi connectivity index (χ3v) is 3.21. The average molecular weight is 285 g/mol. The number of hydrogen-bond acceptors (Lipinski definition) is 4. The third kappa shape index (κ3) is 4.33. The van der Waals surface area contributed by atoms with Crippen molar-refractivity contribution in [2.45, 2.75) is 19.6 Å². The molecule has 0 saturated heterocycles. The Labute approximate surface area is 124 Å². The van der Waals surface area contributed by atoms with Crippen LogP contribution in [0.3, 0.4) is 0 Å². The summed E-state index contributed by atoms with van der Waals surface area (Å²) in [6.45, 7) is 0.653. The monoisotopic (exact) mass is 285 g/mol. The van der Waals surface area contributed by atoms with E-state index >= 15 is 0 Å². The van der Waals surface area contributed by atoms with Crippen LogP contribution in [0, 0.1) is 0 Å². The molecule has 2 aromatic rings. The van der Waals surface area contributed by atoms with E-state index < -0.39 is 0 Å². The van der Waals surface area contributed by atoms with Crippen LogP contribution in [-0.2, 0) is 29.1 Å². The van der Waals surface area contributed by atoms with Gasteiger partial charge in [-0.25, -0.2) is 0 Å². The molecule has 2 N–H and O–H groups in total. The van der Waals surface area contributed by atoms with Crippen LogP contribution in [0.1, 0.15) is 16.7 Å². The maximum Gasteiger partial charge on any atom is 0.310 e. The van der Waals surface area contributed by atoms with Crippen molar-refractivity contribution in [2.24, 2.45) is 5.73 Å². The number of esters is 1. The van der Waals surface area contributed by atoms with Crippen LogP contribution in [0.25, 0.3) is 0 Å². The number of benzene rings is 2. The minimum Gasteiger partial charge on any atom is -0.497 e. The summed E-state index contributed by atoms with van der Waals surface area (Å²) >= 11 is 0. The Kier molecular flexibility index (Phi) is 5.35. The molecule has 0 unspecified atom stereocenters. The first-order valence-electron chi connectivity index (χ1n) is 6.78. The second-order valence-corrected chi connectivity index (χ2v) is 4.66. The standard InChI is InChI=1S/C17H19NO3/c1-20-16-8-4-5-13(9-16)12-21-17(19)10-14-6-2-3-7-15(14)11-18/h2-9H,10-12,18H2,1H3. The van der Waals surface area contributed by atoms with Crippen LogP contribution < -0.4 is 10.5 Å². The van der Waals surface area contributed by atoms with Gasteiger partial charge in [0, 0.05) is 6.54 Å². The minimum atomic E-state index is -0.265. The zero-order chi connectivity index (χ0) is 15.1. The summed E-state index contributed by atoms with van der Waals surface area (Å²) in [6, 6.07) is 15.1. The van der Waals surface area contributed by atoms with E-state index in [2.05, 4.69) is 0 Å². The van der Waals surface area contributed by atoms with Crippen LogP contribution in [0.4, 0.5) is 0 Å². The molecule has 0 aliphatic rings. The van der Waals surface area contributed by atoms with Crippen molar-refractivity contribution >= 4 is 5.97 Å². The van der Waals surface area contributed by atoms with Gasteiger partial charge in [-0.1, -0.05) is 36.4 Å². The highest BCUT2D eigenvalue weighted by atomic mass is 16.5. The van der Waals surface area contributed by atoms with E-state index in [0.717, 1.165) is 22.4 Å². The van der Waals surface area contributed by atoms with Crippen molar-refractivity contribution in [1.29, 1.82) is 0 Å². The first-order valence-corrected chi connectivity index (χ1v) is 6.78. The van der Waals surface area contributed by atoms with Gasteiger partial charge in [-0.05, 0) is 28.8 Å². The molecule has 0 aliphatic carbocycles. The lowest BCUT2D eigenvalue weighted by molar-refractivity contribution is -0.144. The highest BCUT2D eigenvalue weighted by Crippen LogP contribution is 2.14. The Bertz CT molecular complexity index is 610. The van der Waals surface area contributed by atoms with Gasteiger partial charge in [-0.3, -0.25) is 4.79 Å². The predicted molar refractivity (Wildman–Crippen MR) is 80.8 cm³/mol. The quantitative estimate of drug-likeness (QED) is 0.828. The number of carbonyl (C=O) groups is 1. The molecule has 0 saturated carbocycles. The van der Waals surface area contributed by atoms with Gasteiger partial charge in [-0.15, -0.1) is 0 Å². The van der Waals surface area contributed by atoms with E-state index in [1.54, 1.807) is 7.11 Å². The molecule has 0 bridgehead atoms. The maximum absolute atomic E-state index is 11.9. The predicted octanol–water partition coefficient (Wildman–Crippen LogP) is 2.44. The number of rotatable bonds is 6. The summed E-state index contributed by atoms with van der Waals surface area (Å²) in [5.74, 6) is 0.482. The molecule has 21 heavy (non-hydrogen) atoms. The Morgan fingerprint density at radius 2 is 1.86 bits per heavy atom. The van der Waals surface area contributed by atoms with Gasteiger partial charge in [-0.2, -0.15) is 0 Å². The topological polar surface area (TPSA) is 61.5 Å². The minimum absolute atomic E-state index is 0.233. The number of ether oxygens (including phenoxy) is 2. The van der Waals surface area contributed by atoms with Crippen LogP contribution in [0.15, 0.2) is 48.5 Å². The fourth-order valence-electron chi connectivity index (χ4n) is 2.06. The molecule has 0 atom stereocenters. The highest BCUT2D eigenvalue weighted by Gasteiger charge is 2.08. The Morgan fingerprint density at radius 1 is 1.10 bits per heavy atom. The molecule has 0 spiro atoms. The molecule has 0 amide bonds. The van der Waals surface area contributed by atoms with Crippen molar-refractivity contribution in [3.8, 4) is 5.75 Å². The fourth-order valence-corrected chi connectivity index (χ4v) is 2.06. The second kappa shape index (κ2) is 7.45. The lowest BCUT2D eigenvalue weighted by atomic mass is 10.1. The molecule has 4 nitrogen and oxygen atoms in total. The van der Waals surface area contributed by atoms with Gasteiger partial charge < -0.3 is 15.2 Å². The molecule has 0 aromatic heterocycles. The number of carbonyl (C=O) groups excluding carboxylic acids is 1. The Balaban J connectivity index is 1.92. The summed E-state index contributed by atoms with van der Waals surface area (Å²) in [5.41, 5.74) is 8.44. The number of nitrogens with two attached hydrogens (primary N) is 1. The normalized spacial score (nSPS) is 10.2. The largest absolute Gasteiger partial charge is 0.497 e. The summed E-state index contributed by atoms with van der Waals surface area (Å²) in [5, 5.41) is 0. The van der Waals surface area contributed by atoms with Crippen molar-refractivity contribution in [2.75, 3.05) is 7.11 Å². The van der Waals surface area contributed by atoms with E-state index in [4.69, 9.17) is 15.2 Å². The van der Waals surface area contributed by atoms with Gasteiger partial charge in [0.15, 0.2) is 0 Å². The number of methoxy groups -OCH3 is 1. The van der Waals surface area contributed by atoms with Gasteiger partial charge in [0.25, 0.3) is 0 Å². The second-order valence-electron chi connectivity index (χ2n) is 4.66. The molecule has 0 radical (unpaired) electrons. The van der Waals surface area contributed by atoms with E-state index in [1.165, 1.54) is 0 Å². The summed E-state index contributed by atoms with van der Waals surface area (Å²) in [7, 11) is 1.61. The third-order valence-electron chi connectivity index (χ3n) is 3.21. The van der Waals surface area contributed by atoms with Crippen LogP contribution in [-0.4, -0.2) is 13.1 Å². The molecule has 2 aromatic carbocycles. The van der Waals surface area contributed by atoms with Crippen LogP contribution >= 0.6 is 0 Å². The van der Waals surface area contributed by atoms with Crippen LogP contribution in [0.2, 0.25) is 0 Å².